The van der Waals surface area contributed by atoms with Crippen LogP contribution in [0.1, 0.15) is 16.0 Å². The van der Waals surface area contributed by atoms with Crippen molar-refractivity contribution >= 4 is 25.8 Å². The van der Waals surface area contributed by atoms with Gasteiger partial charge in [0.05, 0.1) is 10.6 Å². The fourth-order valence-electron chi connectivity index (χ4n) is 1.22. The Kier molecular flexibility index (Phi) is 3.89. The van der Waals surface area contributed by atoms with Gasteiger partial charge in [-0.05, 0) is 24.1 Å². The van der Waals surface area contributed by atoms with Crippen LogP contribution in [-0.2, 0) is 9.84 Å². The van der Waals surface area contributed by atoms with Gasteiger partial charge < -0.3 is 0 Å². The lowest BCUT2D eigenvalue weighted by molar-refractivity contribution is 0.601. The summed E-state index contributed by atoms with van der Waals surface area (Å²) in [6.45, 7) is 1.65. The SMILES string of the molecule is Cc1cc(C(Br)CS(C)(=O)=O)ccc1F. The second-order valence-corrected chi connectivity index (χ2v) is 6.86. The van der Waals surface area contributed by atoms with Gasteiger partial charge in [-0.1, -0.05) is 28.1 Å². The maximum absolute atomic E-state index is 13.0. The first kappa shape index (κ1) is 12.6. The van der Waals surface area contributed by atoms with Gasteiger partial charge >= 0.3 is 0 Å². The fourth-order valence-corrected chi connectivity index (χ4v) is 3.67. The second-order valence-electron chi connectivity index (χ2n) is 3.57. The van der Waals surface area contributed by atoms with E-state index < -0.39 is 9.84 Å². The van der Waals surface area contributed by atoms with Gasteiger partial charge in [-0.2, -0.15) is 0 Å². The molecule has 0 N–H and O–H groups in total. The zero-order valence-electron chi connectivity index (χ0n) is 8.50. The number of halogens is 2. The van der Waals surface area contributed by atoms with Crippen LogP contribution in [0.15, 0.2) is 18.2 Å². The molecule has 0 fully saturated rings. The van der Waals surface area contributed by atoms with Crippen LogP contribution in [0.25, 0.3) is 0 Å². The molecule has 0 aliphatic heterocycles. The number of sulfone groups is 1. The highest BCUT2D eigenvalue weighted by molar-refractivity contribution is 9.09. The molecule has 1 unspecified atom stereocenters. The molecule has 2 nitrogen and oxygen atoms in total. The molecule has 84 valence electrons. The predicted molar refractivity (Wildman–Crippen MR) is 62.5 cm³/mol. The molecule has 0 aromatic heterocycles. The normalized spacial score (nSPS) is 13.9. The van der Waals surface area contributed by atoms with Gasteiger partial charge in [0.1, 0.15) is 15.7 Å². The summed E-state index contributed by atoms with van der Waals surface area (Å²) in [5.74, 6) is -0.268. The van der Waals surface area contributed by atoms with Crippen LogP contribution in [0.3, 0.4) is 0 Å². The predicted octanol–water partition coefficient (Wildman–Crippen LogP) is 2.61. The van der Waals surface area contributed by atoms with E-state index in [1.807, 2.05) is 0 Å². The van der Waals surface area contributed by atoms with Crippen molar-refractivity contribution in [2.75, 3.05) is 12.0 Å². The summed E-state index contributed by atoms with van der Waals surface area (Å²) in [4.78, 5) is -0.285. The summed E-state index contributed by atoms with van der Waals surface area (Å²) in [5, 5.41) is 0. The van der Waals surface area contributed by atoms with Gasteiger partial charge in [-0.15, -0.1) is 0 Å². The molecule has 0 bridgehead atoms. The van der Waals surface area contributed by atoms with Gasteiger partial charge in [0.25, 0.3) is 0 Å². The second kappa shape index (κ2) is 4.61. The van der Waals surface area contributed by atoms with Crippen molar-refractivity contribution in [1.82, 2.24) is 0 Å². The molecule has 1 aromatic carbocycles. The van der Waals surface area contributed by atoms with Crippen molar-refractivity contribution in [2.24, 2.45) is 0 Å². The van der Waals surface area contributed by atoms with E-state index >= 15 is 0 Å². The summed E-state index contributed by atoms with van der Waals surface area (Å²) >= 11 is 3.28. The maximum atomic E-state index is 13.0. The van der Waals surface area contributed by atoms with E-state index in [9.17, 15) is 12.8 Å². The molecule has 0 spiro atoms. The van der Waals surface area contributed by atoms with Crippen molar-refractivity contribution in [3.8, 4) is 0 Å². The molecule has 15 heavy (non-hydrogen) atoms. The third-order valence-corrected chi connectivity index (χ3v) is 4.21. The molecule has 0 aliphatic carbocycles. The largest absolute Gasteiger partial charge is 0.229 e. The topological polar surface area (TPSA) is 34.1 Å². The zero-order chi connectivity index (χ0) is 11.6. The smallest absolute Gasteiger partial charge is 0.148 e. The highest BCUT2D eigenvalue weighted by atomic mass is 79.9. The van der Waals surface area contributed by atoms with Gasteiger partial charge in [0, 0.05) is 6.26 Å². The van der Waals surface area contributed by atoms with E-state index in [1.54, 1.807) is 19.1 Å². The highest BCUT2D eigenvalue weighted by Crippen LogP contribution is 2.25. The quantitative estimate of drug-likeness (QED) is 0.803. The van der Waals surface area contributed by atoms with Crippen LogP contribution in [0, 0.1) is 12.7 Å². The molecular formula is C10H12BrFO2S. The van der Waals surface area contributed by atoms with Gasteiger partial charge in [0.2, 0.25) is 0 Å². The molecule has 0 saturated carbocycles. The Labute approximate surface area is 97.5 Å². The van der Waals surface area contributed by atoms with Crippen molar-refractivity contribution in [3.05, 3.63) is 35.1 Å². The molecule has 0 aliphatic rings. The van der Waals surface area contributed by atoms with E-state index in [2.05, 4.69) is 15.9 Å². The molecule has 0 heterocycles. The Morgan fingerprint density at radius 1 is 1.47 bits per heavy atom. The van der Waals surface area contributed by atoms with E-state index in [0.29, 0.717) is 5.56 Å². The van der Waals surface area contributed by atoms with E-state index in [-0.39, 0.29) is 16.4 Å². The van der Waals surface area contributed by atoms with Crippen molar-refractivity contribution in [2.45, 2.75) is 11.8 Å². The monoisotopic (exact) mass is 294 g/mol. The third kappa shape index (κ3) is 3.91. The minimum absolute atomic E-state index is 0.0120. The minimum Gasteiger partial charge on any atom is -0.229 e. The van der Waals surface area contributed by atoms with E-state index in [0.717, 1.165) is 5.56 Å². The average Bonchev–Trinajstić information content (AvgIpc) is 2.06. The lowest BCUT2D eigenvalue weighted by Gasteiger charge is -2.09. The lowest BCUT2D eigenvalue weighted by Crippen LogP contribution is -2.08. The fraction of sp³-hybridized carbons (Fsp3) is 0.400. The third-order valence-electron chi connectivity index (χ3n) is 1.99. The Morgan fingerprint density at radius 3 is 2.53 bits per heavy atom. The minimum atomic E-state index is -3.04. The van der Waals surface area contributed by atoms with Crippen molar-refractivity contribution in [3.63, 3.8) is 0 Å². The summed E-state index contributed by atoms with van der Waals surface area (Å²) in [7, 11) is -3.04. The van der Waals surface area contributed by atoms with Crippen LogP contribution < -0.4 is 0 Å². The molecule has 1 atom stereocenters. The summed E-state index contributed by atoms with van der Waals surface area (Å²) in [5.41, 5.74) is 1.30. The molecule has 0 saturated heterocycles. The number of hydrogen-bond donors (Lipinski definition) is 0. The van der Waals surface area contributed by atoms with Crippen LogP contribution in [0.4, 0.5) is 4.39 Å². The Bertz CT molecular complexity index is 456. The van der Waals surface area contributed by atoms with Gasteiger partial charge in [-0.3, -0.25) is 0 Å². The summed E-state index contributed by atoms with van der Waals surface area (Å²) in [6, 6.07) is 4.59. The van der Waals surface area contributed by atoms with Crippen LogP contribution >= 0.6 is 15.9 Å². The number of rotatable bonds is 3. The molecule has 0 amide bonds. The summed E-state index contributed by atoms with van der Waals surface area (Å²) in [6.07, 6.45) is 1.18. The highest BCUT2D eigenvalue weighted by Gasteiger charge is 2.14. The van der Waals surface area contributed by atoms with Crippen LogP contribution in [-0.4, -0.2) is 20.4 Å². The number of hydrogen-bond acceptors (Lipinski definition) is 2. The van der Waals surface area contributed by atoms with Gasteiger partial charge in [-0.25, -0.2) is 12.8 Å². The summed E-state index contributed by atoms with van der Waals surface area (Å²) < 4.78 is 35.1. The molecule has 0 radical (unpaired) electrons. The average molecular weight is 295 g/mol. The molecule has 1 rings (SSSR count). The zero-order valence-corrected chi connectivity index (χ0v) is 10.9. The van der Waals surface area contributed by atoms with Gasteiger partial charge in [0.15, 0.2) is 0 Å². The van der Waals surface area contributed by atoms with Crippen molar-refractivity contribution in [1.29, 1.82) is 0 Å². The first-order valence-corrected chi connectivity index (χ1v) is 7.35. The molecular weight excluding hydrogens is 283 g/mol. The first-order valence-electron chi connectivity index (χ1n) is 4.37. The Balaban J connectivity index is 2.92. The van der Waals surface area contributed by atoms with E-state index in [4.69, 9.17) is 0 Å². The van der Waals surface area contributed by atoms with Crippen LogP contribution in [0.2, 0.25) is 0 Å². The van der Waals surface area contributed by atoms with Crippen molar-refractivity contribution < 1.29 is 12.8 Å². The maximum Gasteiger partial charge on any atom is 0.148 e. The first-order chi connectivity index (χ1) is 6.79. The van der Waals surface area contributed by atoms with E-state index in [1.165, 1.54) is 12.3 Å². The Morgan fingerprint density at radius 2 is 2.07 bits per heavy atom. The lowest BCUT2D eigenvalue weighted by atomic mass is 10.1. The standard InChI is InChI=1S/C10H12BrFO2S/c1-7-5-8(3-4-10(7)12)9(11)6-15(2,13)14/h3-5,9H,6H2,1-2H3. The Hall–Kier alpha value is -0.420. The number of benzene rings is 1. The molecule has 1 aromatic rings. The molecule has 5 heteroatoms. The van der Waals surface area contributed by atoms with Crippen LogP contribution in [0.5, 0.6) is 0 Å². The number of alkyl halides is 1. The number of aryl methyl sites for hydroxylation is 1.